The fourth-order valence-electron chi connectivity index (χ4n) is 3.37. The highest BCUT2D eigenvalue weighted by atomic mass is 19.1. The van der Waals surface area contributed by atoms with E-state index in [1.54, 1.807) is 30.3 Å². The minimum Gasteiger partial charge on any atom is -0.488 e. The lowest BCUT2D eigenvalue weighted by Crippen LogP contribution is -2.35. The quantitative estimate of drug-likeness (QED) is 0.652. The maximum Gasteiger partial charge on any atom is 0.275 e. The molecule has 0 saturated heterocycles. The molecule has 132 valence electrons. The van der Waals surface area contributed by atoms with Crippen LogP contribution in [0.5, 0.6) is 5.75 Å². The van der Waals surface area contributed by atoms with E-state index in [0.29, 0.717) is 23.1 Å². The number of rotatable bonds is 5. The number of para-hydroxylation sites is 1. The summed E-state index contributed by atoms with van der Waals surface area (Å²) in [4.78, 5) is 12.5. The summed E-state index contributed by atoms with van der Waals surface area (Å²) in [5, 5.41) is 4.30. The molecule has 1 saturated carbocycles. The van der Waals surface area contributed by atoms with Gasteiger partial charge in [0.05, 0.1) is 5.56 Å². The molecule has 1 fully saturated rings. The van der Waals surface area contributed by atoms with Crippen LogP contribution in [0.3, 0.4) is 0 Å². The molecule has 4 nitrogen and oxygen atoms in total. The lowest BCUT2D eigenvalue weighted by molar-refractivity contribution is 0.0949. The minimum atomic E-state index is -0.290. The highest BCUT2D eigenvalue weighted by Crippen LogP contribution is 2.40. The van der Waals surface area contributed by atoms with Gasteiger partial charge in [-0.05, 0) is 48.6 Å². The predicted octanol–water partition coefficient (Wildman–Crippen LogP) is 4.09. The van der Waals surface area contributed by atoms with Gasteiger partial charge in [-0.25, -0.2) is 9.82 Å². The molecular formula is C21H19FN2O2. The molecule has 26 heavy (non-hydrogen) atoms. The Morgan fingerprint density at radius 2 is 2.00 bits per heavy atom. The molecule has 2 aliphatic carbocycles. The van der Waals surface area contributed by atoms with E-state index < -0.39 is 0 Å². The van der Waals surface area contributed by atoms with Gasteiger partial charge in [-0.15, -0.1) is 0 Å². The van der Waals surface area contributed by atoms with Crippen LogP contribution in [0.15, 0.2) is 65.8 Å². The van der Waals surface area contributed by atoms with Crippen molar-refractivity contribution < 1.29 is 13.9 Å². The molecule has 2 aromatic carbocycles. The number of fused-ring (bicyclic) bond motifs is 1. The molecule has 2 atom stereocenters. The summed E-state index contributed by atoms with van der Waals surface area (Å²) >= 11 is 0. The van der Waals surface area contributed by atoms with Crippen LogP contribution in [0.25, 0.3) is 0 Å². The molecule has 0 unspecified atom stereocenters. The van der Waals surface area contributed by atoms with Gasteiger partial charge in [-0.1, -0.05) is 36.4 Å². The Morgan fingerprint density at radius 1 is 1.19 bits per heavy atom. The van der Waals surface area contributed by atoms with Gasteiger partial charge in [0, 0.05) is 11.6 Å². The van der Waals surface area contributed by atoms with Crippen LogP contribution in [0.1, 0.15) is 28.8 Å². The van der Waals surface area contributed by atoms with Crippen molar-refractivity contribution >= 4 is 11.6 Å². The van der Waals surface area contributed by atoms with Gasteiger partial charge < -0.3 is 4.74 Å². The van der Waals surface area contributed by atoms with Crippen LogP contribution in [0.4, 0.5) is 4.39 Å². The van der Waals surface area contributed by atoms with E-state index in [4.69, 9.17) is 4.74 Å². The van der Waals surface area contributed by atoms with Gasteiger partial charge >= 0.3 is 0 Å². The van der Waals surface area contributed by atoms with Gasteiger partial charge in [0.25, 0.3) is 5.91 Å². The van der Waals surface area contributed by atoms with E-state index in [2.05, 4.69) is 22.7 Å². The molecule has 5 heteroatoms. The predicted molar refractivity (Wildman–Crippen MR) is 97.4 cm³/mol. The van der Waals surface area contributed by atoms with Crippen LogP contribution in [0, 0.1) is 17.7 Å². The third kappa shape index (κ3) is 3.38. The number of carbonyl (C=O) groups excluding carboxylic acids is 1. The largest absolute Gasteiger partial charge is 0.488 e. The number of amides is 1. The number of hydrogen-bond donors (Lipinski definition) is 1. The SMILES string of the molecule is O=C(N/N=C1/C[C@H]2C=CC[C@@H]12)c1ccccc1OCc1ccc(F)cc1. The van der Waals surface area contributed by atoms with Crippen LogP contribution in [0.2, 0.25) is 0 Å². The summed E-state index contributed by atoms with van der Waals surface area (Å²) < 4.78 is 18.7. The monoisotopic (exact) mass is 350 g/mol. The topological polar surface area (TPSA) is 50.7 Å². The number of benzene rings is 2. The maximum atomic E-state index is 13.0. The van der Waals surface area contributed by atoms with E-state index in [0.717, 1.165) is 24.1 Å². The minimum absolute atomic E-state index is 0.258. The van der Waals surface area contributed by atoms with Crippen LogP contribution >= 0.6 is 0 Å². The summed E-state index contributed by atoms with van der Waals surface area (Å²) in [5.41, 5.74) is 4.96. The first-order valence-corrected chi connectivity index (χ1v) is 8.70. The second-order valence-electron chi connectivity index (χ2n) is 6.59. The lowest BCUT2D eigenvalue weighted by Gasteiger charge is -2.31. The molecule has 0 spiro atoms. The molecule has 0 aromatic heterocycles. The van der Waals surface area contributed by atoms with Crippen molar-refractivity contribution in [2.24, 2.45) is 16.9 Å². The third-order valence-electron chi connectivity index (χ3n) is 4.90. The van der Waals surface area contributed by atoms with Crippen LogP contribution < -0.4 is 10.2 Å². The fraction of sp³-hybridized carbons (Fsp3) is 0.238. The Kier molecular flexibility index (Phi) is 4.52. The number of hydrazone groups is 1. The number of nitrogens with one attached hydrogen (secondary N) is 1. The number of ether oxygens (including phenoxy) is 1. The summed E-state index contributed by atoms with van der Waals surface area (Å²) in [6.07, 6.45) is 6.34. The molecule has 0 radical (unpaired) electrons. The molecule has 0 aliphatic heterocycles. The van der Waals surface area contributed by atoms with Crippen molar-refractivity contribution in [3.63, 3.8) is 0 Å². The standard InChI is InChI=1S/C21H19FN2O2/c22-16-10-8-14(9-11-16)13-26-20-7-2-1-5-18(20)21(25)24-23-19-12-15-4-3-6-17(15)19/h1-5,7-11,15,17H,6,12-13H2,(H,24,25)/b23-19-/t15-,17-/m1/s1. The zero-order chi connectivity index (χ0) is 17.9. The molecule has 2 aliphatic rings. The zero-order valence-corrected chi connectivity index (χ0v) is 14.2. The smallest absolute Gasteiger partial charge is 0.275 e. The molecule has 2 aromatic rings. The molecule has 0 bridgehead atoms. The van der Waals surface area contributed by atoms with E-state index in [9.17, 15) is 9.18 Å². The van der Waals surface area contributed by atoms with Crippen LogP contribution in [-0.2, 0) is 6.61 Å². The van der Waals surface area contributed by atoms with Crippen molar-refractivity contribution in [1.29, 1.82) is 0 Å². The molecular weight excluding hydrogens is 331 g/mol. The van der Waals surface area contributed by atoms with Gasteiger partial charge in [-0.2, -0.15) is 5.10 Å². The first-order valence-electron chi connectivity index (χ1n) is 8.70. The van der Waals surface area contributed by atoms with E-state index in [1.807, 2.05) is 6.07 Å². The van der Waals surface area contributed by atoms with Gasteiger partial charge in [0.2, 0.25) is 0 Å². The van der Waals surface area contributed by atoms with Crippen molar-refractivity contribution in [1.82, 2.24) is 5.43 Å². The van der Waals surface area contributed by atoms with Gasteiger partial charge in [0.1, 0.15) is 18.2 Å². The lowest BCUT2D eigenvalue weighted by atomic mass is 9.74. The number of halogens is 1. The second kappa shape index (κ2) is 7.12. The van der Waals surface area contributed by atoms with Gasteiger partial charge in [0.15, 0.2) is 0 Å². The first-order chi connectivity index (χ1) is 12.7. The number of carbonyl (C=O) groups is 1. The van der Waals surface area contributed by atoms with E-state index in [-0.39, 0.29) is 18.3 Å². The number of nitrogens with zero attached hydrogens (tertiary/aromatic N) is 1. The Bertz CT molecular complexity index is 874. The molecule has 1 amide bonds. The summed E-state index contributed by atoms with van der Waals surface area (Å²) in [6, 6.07) is 13.1. The Labute approximate surface area is 151 Å². The Balaban J connectivity index is 1.41. The summed E-state index contributed by atoms with van der Waals surface area (Å²) in [7, 11) is 0. The highest BCUT2D eigenvalue weighted by molar-refractivity contribution is 5.99. The average molecular weight is 350 g/mol. The van der Waals surface area contributed by atoms with Crippen LogP contribution in [-0.4, -0.2) is 11.6 Å². The Morgan fingerprint density at radius 3 is 2.81 bits per heavy atom. The first kappa shape index (κ1) is 16.5. The fourth-order valence-corrected chi connectivity index (χ4v) is 3.37. The Hall–Kier alpha value is -2.95. The van der Waals surface area contributed by atoms with Crippen molar-refractivity contribution in [3.05, 3.63) is 77.6 Å². The molecule has 0 heterocycles. The highest BCUT2D eigenvalue weighted by Gasteiger charge is 2.38. The molecule has 1 N–H and O–H groups in total. The van der Waals surface area contributed by atoms with E-state index >= 15 is 0 Å². The van der Waals surface area contributed by atoms with Crippen molar-refractivity contribution in [3.8, 4) is 5.75 Å². The number of hydrogen-bond acceptors (Lipinski definition) is 3. The summed E-state index contributed by atoms with van der Waals surface area (Å²) in [6.45, 7) is 0.258. The van der Waals surface area contributed by atoms with Crippen molar-refractivity contribution in [2.45, 2.75) is 19.4 Å². The normalized spacial score (nSPS) is 22.0. The third-order valence-corrected chi connectivity index (χ3v) is 4.90. The van der Waals surface area contributed by atoms with E-state index in [1.165, 1.54) is 12.1 Å². The van der Waals surface area contributed by atoms with Crippen molar-refractivity contribution in [2.75, 3.05) is 0 Å². The van der Waals surface area contributed by atoms with Gasteiger partial charge in [-0.3, -0.25) is 4.79 Å². The average Bonchev–Trinajstić information content (AvgIpc) is 3.02. The second-order valence-corrected chi connectivity index (χ2v) is 6.59. The summed E-state index contributed by atoms with van der Waals surface area (Å²) in [5.74, 6) is 0.950. The zero-order valence-electron chi connectivity index (χ0n) is 14.2. The number of allylic oxidation sites excluding steroid dienone is 2. The molecule has 4 rings (SSSR count). The maximum absolute atomic E-state index is 13.0.